The third-order valence-electron chi connectivity index (χ3n) is 7.34. The number of rotatable bonds is 5. The van der Waals surface area contributed by atoms with E-state index in [9.17, 15) is 64.0 Å². The first-order chi connectivity index (χ1) is 27.4. The number of hydrogen-bond donors (Lipinski definition) is 1. The number of aryl methyl sites for hydroxylation is 3. The minimum absolute atomic E-state index is 0. The molecular formula is C34H33Cl4N6O15P. The standard InChI is InChI=1S/C10H7ClN2O3.C10H8N2O4.C9H7NO3.C4H7NO4.CH4.Cl3OP/c1-12-7-5-3-2-4-6(7)8(11)9(10(12)14)13(15)16;1-11-7-5-3-2-4-6(7)9(13)8(10(11)14)12(15)16;1-10-7-5-3-2-4-6(7)8(11)13-9(10)12;1-2-9-4(6)3-5(7)8;;1-5(2,3)4/h2-5H,1H3;2-5,13H,1H3;2-5H,1H3;2-3H2,1H3;1H4;. The van der Waals surface area contributed by atoms with Crippen LogP contribution in [0.25, 0.3) is 32.7 Å². The number of aromatic hydroxyl groups is 1. The Morgan fingerprint density at radius 2 is 1.12 bits per heavy atom. The maximum atomic E-state index is 11.7. The lowest BCUT2D eigenvalue weighted by Gasteiger charge is -2.06. The first kappa shape index (κ1) is 51.9. The molecule has 322 valence electrons. The molecule has 0 saturated heterocycles. The fraction of sp³-hybridized carbons (Fsp3) is 0.206. The lowest BCUT2D eigenvalue weighted by atomic mass is 10.2. The molecule has 0 unspecified atom stereocenters. The van der Waals surface area contributed by atoms with E-state index in [0.717, 1.165) is 4.57 Å². The van der Waals surface area contributed by atoms with Crippen molar-refractivity contribution in [1.82, 2.24) is 13.7 Å². The Hall–Kier alpha value is -6.12. The fourth-order valence-corrected chi connectivity index (χ4v) is 5.09. The van der Waals surface area contributed by atoms with Crippen LogP contribution < -0.4 is 22.5 Å². The smallest absolute Gasteiger partial charge is 0.422 e. The van der Waals surface area contributed by atoms with Crippen LogP contribution in [0.2, 0.25) is 5.02 Å². The van der Waals surface area contributed by atoms with Crippen molar-refractivity contribution >= 4 is 101 Å². The summed E-state index contributed by atoms with van der Waals surface area (Å²) in [6.45, 7) is 1.04. The van der Waals surface area contributed by atoms with Crippen molar-refractivity contribution in [3.8, 4) is 5.75 Å². The van der Waals surface area contributed by atoms with Crippen LogP contribution in [-0.2, 0) is 35.2 Å². The van der Waals surface area contributed by atoms with Crippen LogP contribution in [0.5, 0.6) is 5.75 Å². The molecule has 0 amide bonds. The highest BCUT2D eigenvalue weighted by atomic mass is 36.0. The molecule has 0 aliphatic carbocycles. The molecule has 6 aromatic rings. The molecule has 26 heteroatoms. The van der Waals surface area contributed by atoms with Crippen LogP contribution in [0.15, 0.2) is 96.4 Å². The number of nitro groups is 3. The molecule has 0 aliphatic heterocycles. The number of aromatic nitrogens is 3. The average Bonchev–Trinajstić information content (AvgIpc) is 3.15. The lowest BCUT2D eigenvalue weighted by Crippen LogP contribution is -2.22. The fourth-order valence-electron chi connectivity index (χ4n) is 4.78. The number of pyridine rings is 2. The molecule has 6 rings (SSSR count). The molecule has 0 atom stereocenters. The normalized spacial score (nSPS) is 10.2. The summed E-state index contributed by atoms with van der Waals surface area (Å²) in [5, 5.41) is 38.6. The quantitative estimate of drug-likeness (QED) is 0.0786. The molecule has 0 saturated carbocycles. The number of carbonyl (C=O) groups is 1. The van der Waals surface area contributed by atoms with E-state index in [0.29, 0.717) is 27.3 Å². The number of carbonyl (C=O) groups excluding carboxylic acids is 1. The molecule has 60 heavy (non-hydrogen) atoms. The van der Waals surface area contributed by atoms with E-state index in [1.54, 1.807) is 80.7 Å². The van der Waals surface area contributed by atoms with Crippen LogP contribution in [0.1, 0.15) is 14.4 Å². The molecular weight excluding hydrogens is 905 g/mol. The molecule has 3 aromatic heterocycles. The van der Waals surface area contributed by atoms with Crippen LogP contribution in [-0.4, -0.2) is 52.7 Å². The van der Waals surface area contributed by atoms with Crippen LogP contribution in [0.3, 0.4) is 0 Å². The van der Waals surface area contributed by atoms with Crippen molar-refractivity contribution in [2.24, 2.45) is 21.1 Å². The highest BCUT2D eigenvalue weighted by Gasteiger charge is 2.24. The Bertz CT molecular complexity index is 2730. The van der Waals surface area contributed by atoms with Gasteiger partial charge in [-0.1, -0.05) is 61.5 Å². The summed E-state index contributed by atoms with van der Waals surface area (Å²) in [6, 6.07) is 20.1. The molecule has 0 spiro atoms. The number of esters is 1. The third-order valence-corrected chi connectivity index (χ3v) is 7.72. The minimum Gasteiger partial charge on any atom is -0.501 e. The molecule has 21 nitrogen and oxygen atoms in total. The second-order valence-corrected chi connectivity index (χ2v) is 18.1. The zero-order valence-electron chi connectivity index (χ0n) is 30.6. The van der Waals surface area contributed by atoms with Crippen LogP contribution in [0, 0.1) is 30.3 Å². The van der Waals surface area contributed by atoms with Crippen molar-refractivity contribution < 1.29 is 38.4 Å². The largest absolute Gasteiger partial charge is 0.501 e. The monoisotopic (exact) mass is 936 g/mol. The van der Waals surface area contributed by atoms with Gasteiger partial charge in [-0.05, 0) is 71.0 Å². The second kappa shape index (κ2) is 22.9. The summed E-state index contributed by atoms with van der Waals surface area (Å²) < 4.78 is 21.9. The van der Waals surface area contributed by atoms with Crippen molar-refractivity contribution in [3.63, 3.8) is 0 Å². The Balaban J connectivity index is 0.000000390. The Labute approximate surface area is 355 Å². The van der Waals surface area contributed by atoms with Crippen molar-refractivity contribution in [1.29, 1.82) is 0 Å². The van der Waals surface area contributed by atoms with Gasteiger partial charge in [0.2, 0.25) is 5.75 Å². The number of benzene rings is 3. The maximum absolute atomic E-state index is 11.7. The number of nitrogens with zero attached hydrogens (tertiary/aromatic N) is 6. The minimum atomic E-state index is -3.22. The van der Waals surface area contributed by atoms with Crippen LogP contribution >= 0.6 is 50.5 Å². The van der Waals surface area contributed by atoms with Gasteiger partial charge >= 0.3 is 45.0 Å². The summed E-state index contributed by atoms with van der Waals surface area (Å²) in [4.78, 5) is 84.4. The highest BCUT2D eigenvalue weighted by Crippen LogP contribution is 2.61. The van der Waals surface area contributed by atoms with Gasteiger partial charge in [0, 0.05) is 36.8 Å². The SMILES string of the molecule is C.CCOC(=O)C[N+](=O)[O-].Cn1c(=O)c([N+](=O)[O-])c(Cl)c2ccccc21.Cn1c(=O)c([N+](=O)[O-])c(O)c2ccccc21.Cn1c(=O)oc(=O)c2ccccc21.O=P(Cl)(Cl)Cl. The van der Waals surface area contributed by atoms with Crippen molar-refractivity contribution in [2.75, 3.05) is 13.2 Å². The first-order valence-corrected chi connectivity index (χ1v) is 20.7. The van der Waals surface area contributed by atoms with Gasteiger partial charge in [-0.15, -0.1) is 0 Å². The Morgan fingerprint density at radius 3 is 1.55 bits per heavy atom. The molecule has 0 bridgehead atoms. The average molecular weight is 938 g/mol. The van der Waals surface area contributed by atoms with E-state index >= 15 is 0 Å². The van der Waals surface area contributed by atoms with Gasteiger partial charge in [0.1, 0.15) is 5.02 Å². The zero-order valence-corrected chi connectivity index (χ0v) is 34.6. The number of hydrogen-bond acceptors (Lipinski definition) is 15. The van der Waals surface area contributed by atoms with E-state index in [2.05, 4.69) is 42.9 Å². The summed E-state index contributed by atoms with van der Waals surface area (Å²) in [5.74, 6) is -2.00. The summed E-state index contributed by atoms with van der Waals surface area (Å²) >= 11 is 19.7. The van der Waals surface area contributed by atoms with E-state index in [1.165, 1.54) is 29.3 Å². The van der Waals surface area contributed by atoms with Gasteiger partial charge in [-0.25, -0.2) is 14.4 Å². The van der Waals surface area contributed by atoms with E-state index < -0.39 is 72.1 Å². The predicted molar refractivity (Wildman–Crippen MR) is 226 cm³/mol. The van der Waals surface area contributed by atoms with Gasteiger partial charge in [0.15, 0.2) is 0 Å². The van der Waals surface area contributed by atoms with E-state index in [4.69, 9.17) is 11.6 Å². The highest BCUT2D eigenvalue weighted by molar-refractivity contribution is 8.24. The van der Waals surface area contributed by atoms with Gasteiger partial charge in [0.05, 0.1) is 38.4 Å². The second-order valence-electron chi connectivity index (χ2n) is 11.1. The van der Waals surface area contributed by atoms with Gasteiger partial charge in [-0.3, -0.25) is 49.1 Å². The topological polar surface area (TPSA) is 289 Å². The number of halogens is 4. The van der Waals surface area contributed by atoms with Gasteiger partial charge < -0.3 is 23.4 Å². The summed E-state index contributed by atoms with van der Waals surface area (Å²) in [5.41, 5.74) is -1.86. The molecule has 0 aliphatic rings. The summed E-state index contributed by atoms with van der Waals surface area (Å²) in [6.07, 6.45) is 0. The molecule has 3 heterocycles. The first-order valence-electron chi connectivity index (χ1n) is 15.9. The van der Waals surface area contributed by atoms with Crippen LogP contribution in [0.4, 0.5) is 11.4 Å². The third kappa shape index (κ3) is 14.0. The Kier molecular flexibility index (Phi) is 19.8. The summed E-state index contributed by atoms with van der Waals surface area (Å²) in [7, 11) is 4.47. The number of para-hydroxylation sites is 3. The van der Waals surface area contributed by atoms with E-state index in [-0.39, 0.29) is 24.4 Å². The molecule has 1 N–H and O–H groups in total. The molecule has 3 aromatic carbocycles. The molecule has 0 fully saturated rings. The lowest BCUT2D eigenvalue weighted by molar-refractivity contribution is -0.470. The van der Waals surface area contributed by atoms with E-state index in [1.807, 2.05) is 0 Å². The molecule has 0 radical (unpaired) electrons. The van der Waals surface area contributed by atoms with Crippen molar-refractivity contribution in [3.05, 3.63) is 150 Å². The maximum Gasteiger partial charge on any atom is 0.422 e. The van der Waals surface area contributed by atoms with Gasteiger partial charge in [0.25, 0.3) is 6.54 Å². The zero-order chi connectivity index (χ0) is 44.9. The van der Waals surface area contributed by atoms with Gasteiger partial charge in [-0.2, -0.15) is 0 Å². The predicted octanol–water partition coefficient (Wildman–Crippen LogP) is 7.02. The number of fused-ring (bicyclic) bond motifs is 3. The Morgan fingerprint density at radius 1 is 0.733 bits per heavy atom. The van der Waals surface area contributed by atoms with Crippen molar-refractivity contribution in [2.45, 2.75) is 14.4 Å². The number of ether oxygens (including phenoxy) is 1.